The molecular weight excluding hydrogens is 284 g/mol. The summed E-state index contributed by atoms with van der Waals surface area (Å²) in [7, 11) is 0. The number of nitrogens with two attached hydrogens (primary N) is 2. The molecule has 0 aliphatic rings. The molecule has 0 atom stereocenters. The van der Waals surface area contributed by atoms with E-state index in [1.54, 1.807) is 0 Å². The monoisotopic (exact) mass is 312 g/mol. The van der Waals surface area contributed by atoms with Gasteiger partial charge >= 0.3 is 0 Å². The number of nitrogen functional groups attached to an aromatic ring is 2. The van der Waals surface area contributed by atoms with Gasteiger partial charge in [0, 0.05) is 22.5 Å². The highest BCUT2D eigenvalue weighted by molar-refractivity contribution is 5.62. The molecule has 0 aromatic heterocycles. The largest absolute Gasteiger partial charge is 0.457 e. The van der Waals surface area contributed by atoms with E-state index in [4.69, 9.17) is 16.2 Å². The summed E-state index contributed by atoms with van der Waals surface area (Å²) in [5, 5.41) is 0. The number of benzene rings is 2. The second kappa shape index (κ2) is 5.80. The van der Waals surface area contributed by atoms with E-state index in [9.17, 15) is 0 Å². The fourth-order valence-corrected chi connectivity index (χ4v) is 2.99. The molecule has 0 saturated carbocycles. The van der Waals surface area contributed by atoms with Gasteiger partial charge in [-0.3, -0.25) is 0 Å². The molecule has 3 nitrogen and oxygen atoms in total. The van der Waals surface area contributed by atoms with Crippen LogP contribution in [0.1, 0.15) is 52.7 Å². The van der Waals surface area contributed by atoms with E-state index in [2.05, 4.69) is 41.5 Å². The highest BCUT2D eigenvalue weighted by atomic mass is 16.5. The lowest BCUT2D eigenvalue weighted by atomic mass is 9.84. The Morgan fingerprint density at radius 3 is 1.30 bits per heavy atom. The van der Waals surface area contributed by atoms with Crippen LogP contribution in [0.5, 0.6) is 11.5 Å². The maximum atomic E-state index is 6.30. The van der Waals surface area contributed by atoms with E-state index in [0.717, 1.165) is 34.0 Å². The second-order valence-electron chi connectivity index (χ2n) is 8.04. The van der Waals surface area contributed by atoms with Gasteiger partial charge in [0.05, 0.1) is 0 Å². The molecule has 2 rings (SSSR count). The molecule has 0 aliphatic carbocycles. The van der Waals surface area contributed by atoms with Gasteiger partial charge in [-0.15, -0.1) is 0 Å². The van der Waals surface area contributed by atoms with Gasteiger partial charge < -0.3 is 16.2 Å². The quantitative estimate of drug-likeness (QED) is 0.746. The van der Waals surface area contributed by atoms with Crippen LogP contribution < -0.4 is 16.2 Å². The third-order valence-corrected chi connectivity index (χ3v) is 3.84. The summed E-state index contributed by atoms with van der Waals surface area (Å²) in [5.41, 5.74) is 15.7. The van der Waals surface area contributed by atoms with Gasteiger partial charge in [0.15, 0.2) is 0 Å². The zero-order chi connectivity index (χ0) is 17.4. The van der Waals surface area contributed by atoms with Crippen molar-refractivity contribution in [1.29, 1.82) is 0 Å². The van der Waals surface area contributed by atoms with E-state index < -0.39 is 0 Å². The lowest BCUT2D eigenvalue weighted by molar-refractivity contribution is 0.438. The summed E-state index contributed by atoms with van der Waals surface area (Å²) in [5.74, 6) is 1.57. The fraction of sp³-hybridized carbons (Fsp3) is 0.400. The van der Waals surface area contributed by atoms with Gasteiger partial charge in [0.1, 0.15) is 11.5 Å². The molecule has 0 spiro atoms. The Bertz CT molecular complexity index is 645. The molecule has 4 N–H and O–H groups in total. The van der Waals surface area contributed by atoms with Gasteiger partial charge in [0.2, 0.25) is 0 Å². The molecule has 2 aromatic carbocycles. The van der Waals surface area contributed by atoms with Gasteiger partial charge in [-0.05, 0) is 35.1 Å². The smallest absolute Gasteiger partial charge is 0.133 e. The Morgan fingerprint density at radius 1 is 0.652 bits per heavy atom. The third kappa shape index (κ3) is 3.61. The first-order valence-electron chi connectivity index (χ1n) is 7.97. The SMILES string of the molecule is CC(C)(C)c1c(N)cccc1Oc1cccc(N)c1C(C)(C)C. The van der Waals surface area contributed by atoms with E-state index in [0.29, 0.717) is 0 Å². The molecule has 0 heterocycles. The Labute approximate surface area is 139 Å². The van der Waals surface area contributed by atoms with Crippen molar-refractivity contribution in [3.63, 3.8) is 0 Å². The molecule has 0 amide bonds. The van der Waals surface area contributed by atoms with Crippen molar-refractivity contribution in [2.24, 2.45) is 0 Å². The average Bonchev–Trinajstić information content (AvgIpc) is 2.35. The minimum Gasteiger partial charge on any atom is -0.457 e. The lowest BCUT2D eigenvalue weighted by Crippen LogP contribution is -2.17. The molecule has 23 heavy (non-hydrogen) atoms. The summed E-state index contributed by atoms with van der Waals surface area (Å²) in [6.07, 6.45) is 0. The zero-order valence-corrected chi connectivity index (χ0v) is 15.0. The van der Waals surface area contributed by atoms with E-state index in [1.807, 2.05) is 36.4 Å². The maximum Gasteiger partial charge on any atom is 0.133 e. The molecule has 124 valence electrons. The van der Waals surface area contributed by atoms with Crippen LogP contribution >= 0.6 is 0 Å². The average molecular weight is 312 g/mol. The molecule has 0 saturated heterocycles. The molecule has 3 heteroatoms. The first-order valence-corrected chi connectivity index (χ1v) is 7.97. The van der Waals surface area contributed by atoms with Crippen molar-refractivity contribution in [3.05, 3.63) is 47.5 Å². The maximum absolute atomic E-state index is 6.30. The lowest BCUT2D eigenvalue weighted by Gasteiger charge is -2.28. The summed E-state index contributed by atoms with van der Waals surface area (Å²) >= 11 is 0. The van der Waals surface area contributed by atoms with Gasteiger partial charge in [0.25, 0.3) is 0 Å². The van der Waals surface area contributed by atoms with Crippen LogP contribution in [0.15, 0.2) is 36.4 Å². The van der Waals surface area contributed by atoms with Crippen LogP contribution in [0.3, 0.4) is 0 Å². The van der Waals surface area contributed by atoms with Crippen LogP contribution in [0.25, 0.3) is 0 Å². The summed E-state index contributed by atoms with van der Waals surface area (Å²) in [6, 6.07) is 11.6. The number of anilines is 2. The van der Waals surface area contributed by atoms with Crippen LogP contribution in [0, 0.1) is 0 Å². The highest BCUT2D eigenvalue weighted by Crippen LogP contribution is 2.42. The van der Waals surface area contributed by atoms with E-state index in [1.165, 1.54) is 0 Å². The Morgan fingerprint density at radius 2 is 1.00 bits per heavy atom. The van der Waals surface area contributed by atoms with Crippen molar-refractivity contribution >= 4 is 11.4 Å². The second-order valence-corrected chi connectivity index (χ2v) is 8.04. The normalized spacial score (nSPS) is 12.3. The molecule has 0 fully saturated rings. The fourth-order valence-electron chi connectivity index (χ4n) is 2.99. The summed E-state index contributed by atoms with van der Waals surface area (Å²) < 4.78 is 6.30. The Balaban J connectivity index is 2.59. The molecule has 0 aliphatic heterocycles. The van der Waals surface area contributed by atoms with E-state index in [-0.39, 0.29) is 10.8 Å². The number of rotatable bonds is 2. The van der Waals surface area contributed by atoms with Gasteiger partial charge in [-0.1, -0.05) is 53.7 Å². The Kier molecular flexibility index (Phi) is 4.34. The molecule has 2 aromatic rings. The van der Waals surface area contributed by atoms with Crippen molar-refractivity contribution in [3.8, 4) is 11.5 Å². The predicted molar refractivity (Wildman–Crippen MR) is 99.2 cm³/mol. The third-order valence-electron chi connectivity index (χ3n) is 3.84. The first kappa shape index (κ1) is 17.2. The highest BCUT2D eigenvalue weighted by Gasteiger charge is 2.25. The first-order chi connectivity index (χ1) is 10.5. The Hall–Kier alpha value is -2.16. The zero-order valence-electron chi connectivity index (χ0n) is 15.0. The van der Waals surface area contributed by atoms with Gasteiger partial charge in [-0.2, -0.15) is 0 Å². The number of hydrogen-bond acceptors (Lipinski definition) is 3. The van der Waals surface area contributed by atoms with Gasteiger partial charge in [-0.25, -0.2) is 0 Å². The van der Waals surface area contributed by atoms with Crippen LogP contribution in [0.2, 0.25) is 0 Å². The van der Waals surface area contributed by atoms with Crippen LogP contribution in [0.4, 0.5) is 11.4 Å². The minimum atomic E-state index is -0.108. The topological polar surface area (TPSA) is 61.3 Å². The van der Waals surface area contributed by atoms with Crippen molar-refractivity contribution in [2.75, 3.05) is 11.5 Å². The van der Waals surface area contributed by atoms with Crippen molar-refractivity contribution < 1.29 is 4.74 Å². The summed E-state index contributed by atoms with van der Waals surface area (Å²) in [4.78, 5) is 0. The van der Waals surface area contributed by atoms with Crippen molar-refractivity contribution in [2.45, 2.75) is 52.4 Å². The molecular formula is C20H28N2O. The van der Waals surface area contributed by atoms with E-state index >= 15 is 0 Å². The van der Waals surface area contributed by atoms with Crippen LogP contribution in [-0.2, 0) is 10.8 Å². The predicted octanol–water partition coefficient (Wildman–Crippen LogP) is 5.24. The standard InChI is InChI=1S/C20H28N2O/c1-19(2,3)17-13(21)9-7-11-15(17)23-16-12-8-10-14(22)18(16)20(4,5)6/h7-12H,21-22H2,1-6H3. The molecule has 0 unspecified atom stereocenters. The van der Waals surface area contributed by atoms with Crippen LogP contribution in [-0.4, -0.2) is 0 Å². The summed E-state index contributed by atoms with van der Waals surface area (Å²) in [6.45, 7) is 12.8. The number of hydrogen-bond donors (Lipinski definition) is 2. The minimum absolute atomic E-state index is 0.108. The molecule has 0 radical (unpaired) electrons. The number of ether oxygens (including phenoxy) is 1. The molecule has 0 bridgehead atoms. The van der Waals surface area contributed by atoms with Crippen molar-refractivity contribution in [1.82, 2.24) is 0 Å².